The van der Waals surface area contributed by atoms with E-state index in [0.717, 1.165) is 30.2 Å². The monoisotopic (exact) mass is 318 g/mol. The summed E-state index contributed by atoms with van der Waals surface area (Å²) in [5, 5.41) is 3.58. The average molecular weight is 319 g/mol. The Morgan fingerprint density at radius 2 is 2.05 bits per heavy atom. The number of rotatable bonds is 4. The molecular formula is C15H19ClN6. The van der Waals surface area contributed by atoms with Crippen LogP contribution < -0.4 is 16.0 Å². The number of pyridine rings is 1. The van der Waals surface area contributed by atoms with E-state index in [4.69, 9.17) is 22.3 Å². The Morgan fingerprint density at radius 3 is 2.82 bits per heavy atom. The quantitative estimate of drug-likeness (QED) is 0.902. The van der Waals surface area contributed by atoms with Crippen LogP contribution in [-0.2, 0) is 6.54 Å². The highest BCUT2D eigenvalue weighted by atomic mass is 35.5. The number of nitrogen functional groups attached to an aromatic ring is 1. The van der Waals surface area contributed by atoms with Crippen molar-refractivity contribution in [3.05, 3.63) is 34.7 Å². The molecule has 0 radical (unpaired) electrons. The Labute approximate surface area is 134 Å². The fourth-order valence-corrected chi connectivity index (χ4v) is 2.76. The Hall–Kier alpha value is -2.08. The van der Waals surface area contributed by atoms with Gasteiger partial charge in [0.25, 0.3) is 0 Å². The van der Waals surface area contributed by atoms with Crippen molar-refractivity contribution in [1.29, 1.82) is 0 Å². The molecule has 22 heavy (non-hydrogen) atoms. The number of nitrogens with one attached hydrogen (secondary N) is 1. The van der Waals surface area contributed by atoms with Crippen LogP contribution in [0.2, 0.25) is 5.02 Å². The third-order valence-electron chi connectivity index (χ3n) is 3.76. The summed E-state index contributed by atoms with van der Waals surface area (Å²) < 4.78 is 0. The molecular weight excluding hydrogens is 300 g/mol. The van der Waals surface area contributed by atoms with E-state index >= 15 is 0 Å². The maximum Gasteiger partial charge on any atom is 0.150 e. The van der Waals surface area contributed by atoms with Crippen LogP contribution in [-0.4, -0.2) is 28.0 Å². The maximum absolute atomic E-state index is 6.11. The summed E-state index contributed by atoms with van der Waals surface area (Å²) >= 11 is 6.11. The van der Waals surface area contributed by atoms with Crippen molar-refractivity contribution in [3.8, 4) is 0 Å². The Kier molecular flexibility index (Phi) is 4.29. The van der Waals surface area contributed by atoms with Gasteiger partial charge in [-0.1, -0.05) is 17.7 Å². The Morgan fingerprint density at radius 1 is 1.27 bits per heavy atom. The Balaban J connectivity index is 1.81. The smallest absolute Gasteiger partial charge is 0.150 e. The minimum atomic E-state index is 0.279. The van der Waals surface area contributed by atoms with Crippen molar-refractivity contribution in [1.82, 2.24) is 15.0 Å². The molecule has 1 aliphatic rings. The molecule has 0 bridgehead atoms. The van der Waals surface area contributed by atoms with Crippen LogP contribution in [0.4, 0.5) is 17.5 Å². The predicted molar refractivity (Wildman–Crippen MR) is 89.2 cm³/mol. The molecule has 116 valence electrons. The van der Waals surface area contributed by atoms with Gasteiger partial charge in [0.1, 0.15) is 23.0 Å². The second-order valence-corrected chi connectivity index (χ2v) is 5.78. The van der Waals surface area contributed by atoms with Crippen molar-refractivity contribution in [2.45, 2.75) is 26.3 Å². The highest BCUT2D eigenvalue weighted by Crippen LogP contribution is 2.26. The number of nitrogens with two attached hydrogens (primary N) is 1. The summed E-state index contributed by atoms with van der Waals surface area (Å²) in [7, 11) is 0. The minimum Gasteiger partial charge on any atom is -0.382 e. The molecule has 1 saturated heterocycles. The molecule has 0 aliphatic carbocycles. The largest absolute Gasteiger partial charge is 0.382 e. The molecule has 2 aromatic heterocycles. The molecule has 0 saturated carbocycles. The number of aryl methyl sites for hydroxylation is 1. The van der Waals surface area contributed by atoms with Gasteiger partial charge in [-0.05, 0) is 25.8 Å². The van der Waals surface area contributed by atoms with Gasteiger partial charge in [-0.15, -0.1) is 0 Å². The van der Waals surface area contributed by atoms with Crippen molar-refractivity contribution in [3.63, 3.8) is 0 Å². The van der Waals surface area contributed by atoms with Gasteiger partial charge in [-0.3, -0.25) is 0 Å². The maximum atomic E-state index is 6.11. The molecule has 0 amide bonds. The summed E-state index contributed by atoms with van der Waals surface area (Å²) in [6.07, 6.45) is 3.84. The van der Waals surface area contributed by atoms with E-state index in [1.807, 2.05) is 13.0 Å². The van der Waals surface area contributed by atoms with Gasteiger partial charge in [0, 0.05) is 30.9 Å². The molecule has 3 heterocycles. The third-order valence-corrected chi connectivity index (χ3v) is 4.14. The lowest BCUT2D eigenvalue weighted by Crippen LogP contribution is -2.22. The summed E-state index contributed by atoms with van der Waals surface area (Å²) in [6.45, 7) is 4.73. The van der Waals surface area contributed by atoms with Gasteiger partial charge in [-0.25, -0.2) is 15.0 Å². The van der Waals surface area contributed by atoms with E-state index < -0.39 is 0 Å². The highest BCUT2D eigenvalue weighted by Gasteiger charge is 2.17. The Bertz CT molecular complexity index is 669. The van der Waals surface area contributed by atoms with Gasteiger partial charge in [-0.2, -0.15) is 0 Å². The van der Waals surface area contributed by atoms with E-state index in [1.165, 1.54) is 19.2 Å². The van der Waals surface area contributed by atoms with Crippen molar-refractivity contribution in [2.24, 2.45) is 0 Å². The van der Waals surface area contributed by atoms with Crippen molar-refractivity contribution in [2.75, 3.05) is 29.0 Å². The molecule has 1 fully saturated rings. The zero-order valence-corrected chi connectivity index (χ0v) is 13.3. The van der Waals surface area contributed by atoms with Gasteiger partial charge in [0.05, 0.1) is 0 Å². The predicted octanol–water partition coefficient (Wildman–Crippen LogP) is 2.63. The molecule has 0 unspecified atom stereocenters. The van der Waals surface area contributed by atoms with Crippen LogP contribution in [0.1, 0.15) is 24.1 Å². The van der Waals surface area contributed by atoms with Crippen LogP contribution >= 0.6 is 11.6 Å². The molecule has 6 nitrogen and oxygen atoms in total. The lowest BCUT2D eigenvalue weighted by Gasteiger charge is -2.21. The van der Waals surface area contributed by atoms with Crippen molar-refractivity contribution >= 4 is 29.1 Å². The average Bonchev–Trinajstić information content (AvgIpc) is 3.04. The van der Waals surface area contributed by atoms with Crippen molar-refractivity contribution < 1.29 is 0 Å². The van der Waals surface area contributed by atoms with Gasteiger partial charge < -0.3 is 16.0 Å². The normalized spacial score (nSPS) is 14.4. The minimum absolute atomic E-state index is 0.279. The molecule has 3 rings (SSSR count). The topological polar surface area (TPSA) is 80.0 Å². The van der Waals surface area contributed by atoms with Gasteiger partial charge >= 0.3 is 0 Å². The number of hydrogen-bond donors (Lipinski definition) is 2. The molecule has 0 spiro atoms. The molecule has 2 aromatic rings. The van der Waals surface area contributed by atoms with E-state index in [0.29, 0.717) is 17.4 Å². The standard InChI is InChI=1S/C15H19ClN6/c1-10-4-5-11(15(21-10)22-6-2-3-7-22)8-18-14-12(16)13(17)19-9-20-14/h4-5,9H,2-3,6-8H2,1H3,(H3,17,18,19,20). The van der Waals surface area contributed by atoms with E-state index in [9.17, 15) is 0 Å². The van der Waals surface area contributed by atoms with Crippen LogP contribution in [0.3, 0.4) is 0 Å². The lowest BCUT2D eigenvalue weighted by atomic mass is 10.2. The van der Waals surface area contributed by atoms with Crippen LogP contribution in [0, 0.1) is 6.92 Å². The third kappa shape index (κ3) is 3.06. The number of aromatic nitrogens is 3. The second kappa shape index (κ2) is 6.36. The first-order chi connectivity index (χ1) is 10.6. The van der Waals surface area contributed by atoms with E-state index in [1.54, 1.807) is 0 Å². The van der Waals surface area contributed by atoms with E-state index in [2.05, 4.69) is 26.3 Å². The zero-order valence-electron chi connectivity index (χ0n) is 12.5. The highest BCUT2D eigenvalue weighted by molar-refractivity contribution is 6.35. The molecule has 3 N–H and O–H groups in total. The summed E-state index contributed by atoms with van der Waals surface area (Å²) in [5.74, 6) is 1.87. The lowest BCUT2D eigenvalue weighted by molar-refractivity contribution is 0.905. The summed E-state index contributed by atoms with van der Waals surface area (Å²) in [4.78, 5) is 15.0. The zero-order chi connectivity index (χ0) is 15.5. The fraction of sp³-hybridized carbons (Fsp3) is 0.400. The molecule has 1 aliphatic heterocycles. The number of halogens is 1. The molecule has 0 aromatic carbocycles. The number of anilines is 3. The van der Waals surface area contributed by atoms with Gasteiger partial charge in [0.15, 0.2) is 5.82 Å². The molecule has 7 heteroatoms. The van der Waals surface area contributed by atoms with Crippen LogP contribution in [0.25, 0.3) is 0 Å². The van der Waals surface area contributed by atoms with Crippen LogP contribution in [0.15, 0.2) is 18.5 Å². The summed E-state index contributed by atoms with van der Waals surface area (Å²) in [6, 6.07) is 4.12. The second-order valence-electron chi connectivity index (χ2n) is 5.40. The molecule has 0 atom stereocenters. The first-order valence-corrected chi connectivity index (χ1v) is 7.74. The fourth-order valence-electron chi connectivity index (χ4n) is 2.60. The first kappa shape index (κ1) is 14.8. The SMILES string of the molecule is Cc1ccc(CNc2ncnc(N)c2Cl)c(N2CCCC2)n1. The van der Waals surface area contributed by atoms with Crippen LogP contribution in [0.5, 0.6) is 0 Å². The van der Waals surface area contributed by atoms with E-state index in [-0.39, 0.29) is 5.82 Å². The van der Waals surface area contributed by atoms with Gasteiger partial charge in [0.2, 0.25) is 0 Å². The number of nitrogens with zero attached hydrogens (tertiary/aromatic N) is 4. The first-order valence-electron chi connectivity index (χ1n) is 7.36. The number of hydrogen-bond acceptors (Lipinski definition) is 6. The summed E-state index contributed by atoms with van der Waals surface area (Å²) in [5.41, 5.74) is 7.84.